The van der Waals surface area contributed by atoms with E-state index in [1.807, 2.05) is 0 Å². The van der Waals surface area contributed by atoms with Crippen LogP contribution in [-0.4, -0.2) is 0 Å². The number of rotatable bonds is 2. The first-order valence-corrected chi connectivity index (χ1v) is 8.43. The number of alkyl halides is 1. The predicted octanol–water partition coefficient (Wildman–Crippen LogP) is 5.63. The van der Waals surface area contributed by atoms with Crippen LogP contribution in [0.1, 0.15) is 39.9 Å². The molecule has 0 saturated carbocycles. The SMILES string of the molecule is Cc1ccccc1CC1CCCc2ccccc2C1Br. The fourth-order valence-corrected chi connectivity index (χ4v) is 4.21. The van der Waals surface area contributed by atoms with E-state index < -0.39 is 0 Å². The van der Waals surface area contributed by atoms with Crippen molar-refractivity contribution < 1.29 is 0 Å². The quantitative estimate of drug-likeness (QED) is 0.495. The standard InChI is InChI=1S/C19H21Br/c1-14-7-2-3-9-16(14)13-17-11-6-10-15-8-4-5-12-18(15)19(17)20/h2-5,7-9,12,17,19H,6,10-11,13H2,1H3. The van der Waals surface area contributed by atoms with Crippen LogP contribution in [0.3, 0.4) is 0 Å². The molecule has 0 aromatic heterocycles. The number of benzene rings is 2. The molecule has 0 bridgehead atoms. The van der Waals surface area contributed by atoms with Crippen LogP contribution in [0.5, 0.6) is 0 Å². The molecule has 0 N–H and O–H groups in total. The first kappa shape index (κ1) is 13.9. The molecule has 0 spiro atoms. The van der Waals surface area contributed by atoms with Crippen LogP contribution in [0.15, 0.2) is 48.5 Å². The fraction of sp³-hybridized carbons (Fsp3) is 0.368. The summed E-state index contributed by atoms with van der Waals surface area (Å²) in [6, 6.07) is 17.7. The van der Waals surface area contributed by atoms with Gasteiger partial charge in [-0.1, -0.05) is 64.5 Å². The van der Waals surface area contributed by atoms with E-state index in [2.05, 4.69) is 71.4 Å². The largest absolute Gasteiger partial charge is 0.0836 e. The second-order valence-electron chi connectivity index (χ2n) is 5.88. The second-order valence-corrected chi connectivity index (χ2v) is 6.87. The van der Waals surface area contributed by atoms with E-state index in [1.165, 1.54) is 47.9 Å². The predicted molar refractivity (Wildman–Crippen MR) is 89.4 cm³/mol. The summed E-state index contributed by atoms with van der Waals surface area (Å²) in [5.41, 5.74) is 5.95. The molecule has 0 amide bonds. The Balaban J connectivity index is 1.86. The smallest absolute Gasteiger partial charge is 0.0429 e. The fourth-order valence-electron chi connectivity index (χ4n) is 3.31. The molecule has 0 aliphatic heterocycles. The molecule has 1 aliphatic carbocycles. The molecule has 104 valence electrons. The van der Waals surface area contributed by atoms with Gasteiger partial charge in [0.05, 0.1) is 0 Å². The third kappa shape index (κ3) is 2.83. The zero-order valence-corrected chi connectivity index (χ0v) is 13.6. The zero-order chi connectivity index (χ0) is 13.9. The van der Waals surface area contributed by atoms with Gasteiger partial charge in [-0.2, -0.15) is 0 Å². The molecular formula is C19H21Br. The third-order valence-electron chi connectivity index (χ3n) is 4.53. The molecule has 2 unspecified atom stereocenters. The van der Waals surface area contributed by atoms with Gasteiger partial charge in [-0.15, -0.1) is 0 Å². The van der Waals surface area contributed by atoms with Gasteiger partial charge in [-0.05, 0) is 60.8 Å². The molecule has 0 radical (unpaired) electrons. The summed E-state index contributed by atoms with van der Waals surface area (Å²) < 4.78 is 0. The van der Waals surface area contributed by atoms with E-state index in [0.29, 0.717) is 10.7 Å². The minimum Gasteiger partial charge on any atom is -0.0836 e. The van der Waals surface area contributed by atoms with E-state index in [9.17, 15) is 0 Å². The normalized spacial score (nSPS) is 22.1. The van der Waals surface area contributed by atoms with Gasteiger partial charge < -0.3 is 0 Å². The number of hydrogen-bond donors (Lipinski definition) is 0. The van der Waals surface area contributed by atoms with Crippen LogP contribution in [0, 0.1) is 12.8 Å². The Morgan fingerprint density at radius 2 is 1.80 bits per heavy atom. The van der Waals surface area contributed by atoms with Gasteiger partial charge in [0.1, 0.15) is 0 Å². The Labute approximate surface area is 130 Å². The van der Waals surface area contributed by atoms with Crippen LogP contribution >= 0.6 is 15.9 Å². The van der Waals surface area contributed by atoms with Gasteiger partial charge in [0.15, 0.2) is 0 Å². The molecule has 0 fully saturated rings. The van der Waals surface area contributed by atoms with Crippen molar-refractivity contribution in [2.24, 2.45) is 5.92 Å². The lowest BCUT2D eigenvalue weighted by molar-refractivity contribution is 0.474. The topological polar surface area (TPSA) is 0 Å². The third-order valence-corrected chi connectivity index (χ3v) is 5.77. The monoisotopic (exact) mass is 328 g/mol. The first-order valence-electron chi connectivity index (χ1n) is 7.52. The first-order chi connectivity index (χ1) is 9.75. The highest BCUT2D eigenvalue weighted by atomic mass is 79.9. The summed E-state index contributed by atoms with van der Waals surface area (Å²) >= 11 is 3.99. The zero-order valence-electron chi connectivity index (χ0n) is 12.0. The molecule has 2 aromatic carbocycles. The second kappa shape index (κ2) is 6.13. The number of halogens is 1. The summed E-state index contributed by atoms with van der Waals surface area (Å²) in [4.78, 5) is 0.487. The van der Waals surface area contributed by atoms with Crippen molar-refractivity contribution in [3.05, 3.63) is 70.8 Å². The molecule has 2 atom stereocenters. The lowest BCUT2D eigenvalue weighted by atomic mass is 9.89. The summed E-state index contributed by atoms with van der Waals surface area (Å²) in [5, 5.41) is 0. The molecule has 0 saturated heterocycles. The van der Waals surface area contributed by atoms with Gasteiger partial charge in [0, 0.05) is 4.83 Å². The van der Waals surface area contributed by atoms with Crippen LogP contribution in [0.4, 0.5) is 0 Å². The Morgan fingerprint density at radius 3 is 2.65 bits per heavy atom. The van der Waals surface area contributed by atoms with Gasteiger partial charge in [0.25, 0.3) is 0 Å². The maximum Gasteiger partial charge on any atom is 0.0429 e. The Bertz CT molecular complexity index is 588. The van der Waals surface area contributed by atoms with Crippen LogP contribution in [0.25, 0.3) is 0 Å². The molecule has 3 rings (SSSR count). The summed E-state index contributed by atoms with van der Waals surface area (Å²) in [6.45, 7) is 2.23. The van der Waals surface area contributed by atoms with Crippen LogP contribution < -0.4 is 0 Å². The Kier molecular flexibility index (Phi) is 4.26. The summed E-state index contributed by atoms with van der Waals surface area (Å²) in [6.07, 6.45) is 5.01. The molecule has 20 heavy (non-hydrogen) atoms. The van der Waals surface area contributed by atoms with Gasteiger partial charge in [0.2, 0.25) is 0 Å². The summed E-state index contributed by atoms with van der Waals surface area (Å²) in [7, 11) is 0. The highest BCUT2D eigenvalue weighted by molar-refractivity contribution is 9.09. The summed E-state index contributed by atoms with van der Waals surface area (Å²) in [5.74, 6) is 0.694. The van der Waals surface area contributed by atoms with Crippen molar-refractivity contribution in [2.45, 2.75) is 37.4 Å². The maximum atomic E-state index is 3.99. The molecule has 1 aliphatic rings. The van der Waals surface area contributed by atoms with E-state index >= 15 is 0 Å². The molecule has 0 heterocycles. The Hall–Kier alpha value is -1.08. The van der Waals surface area contributed by atoms with Crippen LogP contribution in [-0.2, 0) is 12.8 Å². The molecule has 0 nitrogen and oxygen atoms in total. The van der Waals surface area contributed by atoms with Gasteiger partial charge >= 0.3 is 0 Å². The highest BCUT2D eigenvalue weighted by Crippen LogP contribution is 2.41. The van der Waals surface area contributed by atoms with Crippen molar-refractivity contribution in [3.63, 3.8) is 0 Å². The van der Waals surface area contributed by atoms with Crippen molar-refractivity contribution in [1.82, 2.24) is 0 Å². The van der Waals surface area contributed by atoms with Crippen molar-refractivity contribution in [1.29, 1.82) is 0 Å². The lowest BCUT2D eigenvalue weighted by Gasteiger charge is -2.22. The molecule has 2 aromatic rings. The van der Waals surface area contributed by atoms with Crippen molar-refractivity contribution in [2.75, 3.05) is 0 Å². The van der Waals surface area contributed by atoms with E-state index in [1.54, 1.807) is 0 Å². The van der Waals surface area contributed by atoms with Crippen molar-refractivity contribution >= 4 is 15.9 Å². The van der Waals surface area contributed by atoms with Crippen molar-refractivity contribution in [3.8, 4) is 0 Å². The molecular weight excluding hydrogens is 308 g/mol. The molecule has 1 heteroatoms. The minimum atomic E-state index is 0.487. The van der Waals surface area contributed by atoms with Gasteiger partial charge in [-0.25, -0.2) is 0 Å². The number of aryl methyl sites for hydroxylation is 2. The van der Waals surface area contributed by atoms with Gasteiger partial charge in [-0.3, -0.25) is 0 Å². The highest BCUT2D eigenvalue weighted by Gasteiger charge is 2.25. The maximum absolute atomic E-state index is 3.99. The average Bonchev–Trinajstić information content (AvgIpc) is 2.62. The van der Waals surface area contributed by atoms with Crippen LogP contribution in [0.2, 0.25) is 0 Å². The van der Waals surface area contributed by atoms with E-state index in [4.69, 9.17) is 0 Å². The van der Waals surface area contributed by atoms with E-state index in [0.717, 1.165) is 0 Å². The number of hydrogen-bond acceptors (Lipinski definition) is 0. The average molecular weight is 329 g/mol. The van der Waals surface area contributed by atoms with E-state index in [-0.39, 0.29) is 0 Å². The Morgan fingerprint density at radius 1 is 1.05 bits per heavy atom. The lowest BCUT2D eigenvalue weighted by Crippen LogP contribution is -2.11. The number of fused-ring (bicyclic) bond motifs is 1. The minimum absolute atomic E-state index is 0.487.